The van der Waals surface area contributed by atoms with Gasteiger partial charge in [-0.25, -0.2) is 0 Å². The number of nitrogens with zero attached hydrogens (tertiary/aromatic N) is 1. The topological polar surface area (TPSA) is 37.9 Å². The van der Waals surface area contributed by atoms with Crippen molar-refractivity contribution in [2.75, 3.05) is 7.11 Å². The van der Waals surface area contributed by atoms with Gasteiger partial charge in [-0.3, -0.25) is 4.98 Å². The third kappa shape index (κ3) is 1.65. The van der Waals surface area contributed by atoms with Gasteiger partial charge in [-0.2, -0.15) is 0 Å². The molecule has 0 aliphatic carbocycles. The Morgan fingerprint density at radius 1 is 1.06 bits per heavy atom. The summed E-state index contributed by atoms with van der Waals surface area (Å²) >= 11 is 0. The molecule has 0 aliphatic heterocycles. The number of benzene rings is 1. The maximum atomic E-state index is 5.15. The second-order valence-corrected chi connectivity index (χ2v) is 3.83. The number of nitrogens with one attached hydrogen (secondary N) is 1. The van der Waals surface area contributed by atoms with Crippen molar-refractivity contribution in [3.05, 3.63) is 48.8 Å². The summed E-state index contributed by atoms with van der Waals surface area (Å²) in [5.74, 6) is 0.856. The highest BCUT2D eigenvalue weighted by molar-refractivity contribution is 5.92. The van der Waals surface area contributed by atoms with Crippen LogP contribution in [-0.2, 0) is 0 Å². The number of pyridine rings is 1. The van der Waals surface area contributed by atoms with E-state index in [1.807, 2.05) is 48.8 Å². The summed E-state index contributed by atoms with van der Waals surface area (Å²) in [4.78, 5) is 7.63. The van der Waals surface area contributed by atoms with Crippen LogP contribution >= 0.6 is 0 Å². The first kappa shape index (κ1) is 9.90. The molecule has 0 fully saturated rings. The van der Waals surface area contributed by atoms with Crippen LogP contribution in [0.2, 0.25) is 0 Å². The van der Waals surface area contributed by atoms with Crippen molar-refractivity contribution in [2.24, 2.45) is 0 Å². The molecule has 0 atom stereocenters. The molecule has 84 valence electrons. The van der Waals surface area contributed by atoms with E-state index in [1.165, 1.54) is 0 Å². The Balaban J connectivity index is 2.16. The quantitative estimate of drug-likeness (QED) is 0.725. The average molecular weight is 224 g/mol. The molecule has 3 aromatic rings. The van der Waals surface area contributed by atoms with Gasteiger partial charge in [-0.15, -0.1) is 0 Å². The largest absolute Gasteiger partial charge is 0.497 e. The van der Waals surface area contributed by atoms with E-state index < -0.39 is 0 Å². The van der Waals surface area contributed by atoms with Gasteiger partial charge in [0.2, 0.25) is 0 Å². The Labute approximate surface area is 99.1 Å². The van der Waals surface area contributed by atoms with Crippen LogP contribution in [0, 0.1) is 0 Å². The zero-order chi connectivity index (χ0) is 11.7. The normalized spacial score (nSPS) is 10.6. The van der Waals surface area contributed by atoms with Crippen molar-refractivity contribution >= 4 is 10.9 Å². The summed E-state index contributed by atoms with van der Waals surface area (Å²) in [5.41, 5.74) is 3.19. The summed E-state index contributed by atoms with van der Waals surface area (Å²) in [5, 5.41) is 1.14. The van der Waals surface area contributed by atoms with Crippen LogP contribution in [0.15, 0.2) is 48.8 Å². The Bertz CT molecular complexity index is 641. The summed E-state index contributed by atoms with van der Waals surface area (Å²) < 4.78 is 5.15. The zero-order valence-electron chi connectivity index (χ0n) is 9.47. The predicted molar refractivity (Wildman–Crippen MR) is 68.1 cm³/mol. The maximum absolute atomic E-state index is 5.15. The molecule has 3 rings (SSSR count). The first-order valence-corrected chi connectivity index (χ1v) is 5.45. The first-order valence-electron chi connectivity index (χ1n) is 5.45. The van der Waals surface area contributed by atoms with Crippen molar-refractivity contribution in [3.63, 3.8) is 0 Å². The van der Waals surface area contributed by atoms with Crippen LogP contribution in [0.3, 0.4) is 0 Å². The molecule has 2 heterocycles. The molecule has 0 unspecified atom stereocenters. The van der Waals surface area contributed by atoms with Gasteiger partial charge < -0.3 is 9.72 Å². The number of aromatic nitrogens is 2. The fraction of sp³-hybridized carbons (Fsp3) is 0.0714. The molecule has 1 aromatic carbocycles. The summed E-state index contributed by atoms with van der Waals surface area (Å²) in [6.07, 6.45) is 3.75. The molecular formula is C14H12N2O. The number of methoxy groups -OCH3 is 1. The van der Waals surface area contributed by atoms with Gasteiger partial charge in [0.15, 0.2) is 0 Å². The van der Waals surface area contributed by atoms with Crippen LogP contribution in [0.1, 0.15) is 0 Å². The van der Waals surface area contributed by atoms with Crippen molar-refractivity contribution < 1.29 is 4.74 Å². The van der Waals surface area contributed by atoms with Crippen molar-refractivity contribution in [1.29, 1.82) is 0 Å². The molecule has 0 amide bonds. The highest BCUT2D eigenvalue weighted by Gasteiger charge is 2.05. The molecule has 17 heavy (non-hydrogen) atoms. The lowest BCUT2D eigenvalue weighted by atomic mass is 10.1. The number of ether oxygens (including phenoxy) is 1. The lowest BCUT2D eigenvalue weighted by Crippen LogP contribution is -1.85. The number of fused-ring (bicyclic) bond motifs is 1. The van der Waals surface area contributed by atoms with Crippen LogP contribution in [0.25, 0.3) is 22.2 Å². The lowest BCUT2D eigenvalue weighted by molar-refractivity contribution is 0.415. The monoisotopic (exact) mass is 224 g/mol. The van der Waals surface area contributed by atoms with Gasteiger partial charge in [-0.1, -0.05) is 0 Å². The van der Waals surface area contributed by atoms with Crippen molar-refractivity contribution in [2.45, 2.75) is 0 Å². The molecule has 3 heteroatoms. The molecule has 2 aromatic heterocycles. The highest BCUT2D eigenvalue weighted by atomic mass is 16.5. The van der Waals surface area contributed by atoms with Gasteiger partial charge in [-0.05, 0) is 36.4 Å². The first-order chi connectivity index (χ1) is 8.38. The second-order valence-electron chi connectivity index (χ2n) is 3.83. The minimum atomic E-state index is 0.856. The van der Waals surface area contributed by atoms with Gasteiger partial charge >= 0.3 is 0 Å². The fourth-order valence-corrected chi connectivity index (χ4v) is 1.96. The predicted octanol–water partition coefficient (Wildman–Crippen LogP) is 3.24. The summed E-state index contributed by atoms with van der Waals surface area (Å²) in [6.45, 7) is 0. The standard InChI is InChI=1S/C14H12N2O/c1-17-11-4-2-10(3-5-11)14-12-6-8-15-13(12)7-9-16-14/h2-9,15H,1H3. The Hall–Kier alpha value is -2.29. The van der Waals surface area contributed by atoms with E-state index in [9.17, 15) is 0 Å². The van der Waals surface area contributed by atoms with Gasteiger partial charge in [0.1, 0.15) is 5.75 Å². The average Bonchev–Trinajstić information content (AvgIpc) is 2.87. The number of rotatable bonds is 2. The van der Waals surface area contributed by atoms with E-state index in [0.717, 1.165) is 27.9 Å². The van der Waals surface area contributed by atoms with E-state index in [-0.39, 0.29) is 0 Å². The second kappa shape index (κ2) is 3.94. The van der Waals surface area contributed by atoms with E-state index in [1.54, 1.807) is 7.11 Å². The third-order valence-electron chi connectivity index (χ3n) is 2.84. The molecule has 0 radical (unpaired) electrons. The molecule has 0 bridgehead atoms. The number of hydrogen-bond donors (Lipinski definition) is 1. The molecule has 1 N–H and O–H groups in total. The Morgan fingerprint density at radius 3 is 2.65 bits per heavy atom. The number of H-pyrrole nitrogens is 1. The molecule has 0 saturated heterocycles. The third-order valence-corrected chi connectivity index (χ3v) is 2.84. The maximum Gasteiger partial charge on any atom is 0.118 e. The smallest absolute Gasteiger partial charge is 0.118 e. The highest BCUT2D eigenvalue weighted by Crippen LogP contribution is 2.27. The van der Waals surface area contributed by atoms with Crippen molar-refractivity contribution in [1.82, 2.24) is 9.97 Å². The molecular weight excluding hydrogens is 212 g/mol. The molecule has 0 aliphatic rings. The fourth-order valence-electron chi connectivity index (χ4n) is 1.96. The minimum absolute atomic E-state index is 0.856. The lowest BCUT2D eigenvalue weighted by Gasteiger charge is -2.04. The van der Waals surface area contributed by atoms with Crippen molar-refractivity contribution in [3.8, 4) is 17.0 Å². The summed E-state index contributed by atoms with van der Waals surface area (Å²) in [6, 6.07) is 12.0. The molecule has 0 spiro atoms. The van der Waals surface area contributed by atoms with Gasteiger partial charge in [0.25, 0.3) is 0 Å². The van der Waals surface area contributed by atoms with E-state index in [4.69, 9.17) is 4.74 Å². The Kier molecular flexibility index (Phi) is 2.29. The number of aromatic amines is 1. The van der Waals surface area contributed by atoms with E-state index in [0.29, 0.717) is 0 Å². The molecule has 0 saturated carbocycles. The Morgan fingerprint density at radius 2 is 1.88 bits per heavy atom. The summed E-state index contributed by atoms with van der Waals surface area (Å²) in [7, 11) is 1.67. The van der Waals surface area contributed by atoms with Crippen LogP contribution < -0.4 is 4.74 Å². The molecule has 3 nitrogen and oxygen atoms in total. The number of hydrogen-bond acceptors (Lipinski definition) is 2. The van der Waals surface area contributed by atoms with Crippen LogP contribution in [0.4, 0.5) is 0 Å². The van der Waals surface area contributed by atoms with Crippen LogP contribution in [-0.4, -0.2) is 17.1 Å². The van der Waals surface area contributed by atoms with Gasteiger partial charge in [0.05, 0.1) is 12.8 Å². The van der Waals surface area contributed by atoms with Gasteiger partial charge in [0, 0.05) is 28.9 Å². The van der Waals surface area contributed by atoms with Crippen LogP contribution in [0.5, 0.6) is 5.75 Å². The SMILES string of the molecule is COc1ccc(-c2nccc3[nH]ccc23)cc1. The van der Waals surface area contributed by atoms with E-state index >= 15 is 0 Å². The zero-order valence-corrected chi connectivity index (χ0v) is 9.47. The van der Waals surface area contributed by atoms with E-state index in [2.05, 4.69) is 9.97 Å². The minimum Gasteiger partial charge on any atom is -0.497 e.